The van der Waals surface area contributed by atoms with E-state index in [1.165, 1.54) is 35.1 Å². The van der Waals surface area contributed by atoms with E-state index in [1.54, 1.807) is 0 Å². The summed E-state index contributed by atoms with van der Waals surface area (Å²) in [5.74, 6) is 0.332. The van der Waals surface area contributed by atoms with Gasteiger partial charge in [-0.3, -0.25) is 4.79 Å². The molecule has 168 valence electrons. The molecule has 2 aromatic rings. The highest BCUT2D eigenvalue weighted by atomic mass is 16.5. The number of fused-ring (bicyclic) bond motifs is 3. The van der Waals surface area contributed by atoms with Crippen LogP contribution < -0.4 is 10.6 Å². The summed E-state index contributed by atoms with van der Waals surface area (Å²) >= 11 is 0. The highest BCUT2D eigenvalue weighted by molar-refractivity contribution is 5.86. The number of benzene rings is 2. The molecule has 1 aliphatic heterocycles. The quantitative estimate of drug-likeness (QED) is 0.691. The zero-order valence-corrected chi connectivity index (χ0v) is 18.2. The van der Waals surface area contributed by atoms with Crippen molar-refractivity contribution in [1.82, 2.24) is 10.6 Å². The van der Waals surface area contributed by atoms with E-state index >= 15 is 0 Å². The van der Waals surface area contributed by atoms with Gasteiger partial charge in [0.05, 0.1) is 19.3 Å². The topological polar surface area (TPSA) is 76.7 Å². The van der Waals surface area contributed by atoms with Crippen molar-refractivity contribution in [2.24, 2.45) is 5.92 Å². The maximum atomic E-state index is 12.8. The zero-order valence-electron chi connectivity index (χ0n) is 18.2. The fraction of sp³-hybridized carbons (Fsp3) is 0.462. The van der Waals surface area contributed by atoms with Crippen LogP contribution in [0.1, 0.15) is 49.1 Å². The Morgan fingerprint density at radius 2 is 1.59 bits per heavy atom. The molecule has 0 bridgehead atoms. The van der Waals surface area contributed by atoms with E-state index in [4.69, 9.17) is 9.47 Å². The van der Waals surface area contributed by atoms with Gasteiger partial charge < -0.3 is 20.1 Å². The molecule has 1 saturated carbocycles. The van der Waals surface area contributed by atoms with E-state index in [2.05, 4.69) is 34.9 Å². The third-order valence-corrected chi connectivity index (χ3v) is 6.98. The molecule has 2 N–H and O–H groups in total. The molecule has 2 aliphatic carbocycles. The zero-order chi connectivity index (χ0) is 21.9. The van der Waals surface area contributed by atoms with Gasteiger partial charge in [0.25, 0.3) is 0 Å². The second kappa shape index (κ2) is 9.33. The number of hydrogen-bond acceptors (Lipinski definition) is 4. The Bertz CT molecular complexity index is 936. The fourth-order valence-electron chi connectivity index (χ4n) is 5.21. The predicted molar refractivity (Wildman–Crippen MR) is 121 cm³/mol. The van der Waals surface area contributed by atoms with E-state index in [0.29, 0.717) is 25.6 Å². The third-order valence-electron chi connectivity index (χ3n) is 6.98. The van der Waals surface area contributed by atoms with Crippen molar-refractivity contribution in [1.29, 1.82) is 0 Å². The molecule has 2 aromatic carbocycles. The lowest BCUT2D eigenvalue weighted by molar-refractivity contribution is -0.127. The van der Waals surface area contributed by atoms with Crippen molar-refractivity contribution in [2.45, 2.75) is 50.1 Å². The number of rotatable bonds is 7. The lowest BCUT2D eigenvalue weighted by atomic mass is 9.97. The first kappa shape index (κ1) is 21.0. The molecule has 3 aliphatic rings. The van der Waals surface area contributed by atoms with Crippen LogP contribution in [0.2, 0.25) is 0 Å². The largest absolute Gasteiger partial charge is 0.449 e. The first-order valence-electron chi connectivity index (χ1n) is 11.7. The number of ether oxygens (including phenoxy) is 2. The number of amides is 2. The van der Waals surface area contributed by atoms with Crippen LogP contribution in [-0.4, -0.2) is 43.9 Å². The molecule has 2 amide bonds. The van der Waals surface area contributed by atoms with Crippen LogP contribution in [0.4, 0.5) is 4.79 Å². The Kier molecular flexibility index (Phi) is 6.12. The van der Waals surface area contributed by atoms with Gasteiger partial charge >= 0.3 is 6.09 Å². The summed E-state index contributed by atoms with van der Waals surface area (Å²) in [7, 11) is 0. The lowest BCUT2D eigenvalue weighted by Crippen LogP contribution is -2.55. The standard InChI is InChI=1S/C26H30N2O4/c29-25(27-18-14-31-15-18)24(13-17-7-1-2-8-17)28-26(30)32-16-23-21-11-5-3-9-19(21)20-10-4-6-12-22(20)23/h3-6,9-12,17-18,23-24H,1-2,7-8,13-16H2,(H,27,29)(H,28,30)/t24-/m0/s1. The van der Waals surface area contributed by atoms with Gasteiger partial charge in [0.15, 0.2) is 0 Å². The summed E-state index contributed by atoms with van der Waals surface area (Å²) in [4.78, 5) is 25.6. The van der Waals surface area contributed by atoms with E-state index in [9.17, 15) is 9.59 Å². The van der Waals surface area contributed by atoms with Gasteiger partial charge in [-0.15, -0.1) is 0 Å². The number of carbonyl (C=O) groups excluding carboxylic acids is 2. The monoisotopic (exact) mass is 434 g/mol. The van der Waals surface area contributed by atoms with Crippen LogP contribution >= 0.6 is 0 Å². The van der Waals surface area contributed by atoms with Crippen molar-refractivity contribution in [3.05, 3.63) is 59.7 Å². The number of hydrogen-bond donors (Lipinski definition) is 2. The Balaban J connectivity index is 1.23. The van der Waals surface area contributed by atoms with Crippen molar-refractivity contribution < 1.29 is 19.1 Å². The Morgan fingerprint density at radius 3 is 2.19 bits per heavy atom. The van der Waals surface area contributed by atoms with Gasteiger partial charge in [0, 0.05) is 5.92 Å². The van der Waals surface area contributed by atoms with Crippen LogP contribution in [-0.2, 0) is 14.3 Å². The molecule has 2 fully saturated rings. The minimum absolute atomic E-state index is 0.00221. The molecule has 32 heavy (non-hydrogen) atoms. The van der Waals surface area contributed by atoms with Gasteiger partial charge in [0.1, 0.15) is 12.6 Å². The molecule has 1 atom stereocenters. The molecule has 0 unspecified atom stereocenters. The van der Waals surface area contributed by atoms with Crippen LogP contribution in [0.5, 0.6) is 0 Å². The van der Waals surface area contributed by atoms with Gasteiger partial charge in [-0.25, -0.2) is 4.79 Å². The highest BCUT2D eigenvalue weighted by Crippen LogP contribution is 2.44. The molecule has 6 heteroatoms. The summed E-state index contributed by atoms with van der Waals surface area (Å²) in [6.45, 7) is 1.31. The van der Waals surface area contributed by atoms with Crippen LogP contribution in [0.15, 0.2) is 48.5 Å². The predicted octanol–water partition coefficient (Wildman–Crippen LogP) is 3.99. The maximum Gasteiger partial charge on any atom is 0.407 e. The molecule has 6 nitrogen and oxygen atoms in total. The number of alkyl carbamates (subject to hydrolysis) is 1. The summed E-state index contributed by atoms with van der Waals surface area (Å²) in [5, 5.41) is 5.84. The van der Waals surface area contributed by atoms with Gasteiger partial charge in [-0.05, 0) is 34.6 Å². The van der Waals surface area contributed by atoms with Crippen molar-refractivity contribution in [2.75, 3.05) is 19.8 Å². The van der Waals surface area contributed by atoms with Crippen LogP contribution in [0.3, 0.4) is 0 Å². The smallest absolute Gasteiger partial charge is 0.407 e. The normalized spacial score (nSPS) is 19.0. The summed E-state index contributed by atoms with van der Waals surface area (Å²) in [6.07, 6.45) is 4.74. The van der Waals surface area contributed by atoms with Gasteiger partial charge in [-0.2, -0.15) is 0 Å². The van der Waals surface area contributed by atoms with Gasteiger partial charge in [0.2, 0.25) is 5.91 Å². The molecule has 0 aromatic heterocycles. The molecule has 1 saturated heterocycles. The summed E-state index contributed by atoms with van der Waals surface area (Å²) < 4.78 is 10.8. The summed E-state index contributed by atoms with van der Waals surface area (Å²) in [6, 6.07) is 16.0. The van der Waals surface area contributed by atoms with E-state index in [0.717, 1.165) is 12.8 Å². The first-order valence-corrected chi connectivity index (χ1v) is 11.7. The van der Waals surface area contributed by atoms with E-state index in [1.807, 2.05) is 24.3 Å². The van der Waals surface area contributed by atoms with Gasteiger partial charge in [-0.1, -0.05) is 74.2 Å². The maximum absolute atomic E-state index is 12.8. The Labute approximate surface area is 188 Å². The van der Waals surface area contributed by atoms with Crippen molar-refractivity contribution in [3.63, 3.8) is 0 Å². The number of nitrogens with one attached hydrogen (secondary N) is 2. The average molecular weight is 435 g/mol. The average Bonchev–Trinajstić information content (AvgIpc) is 3.40. The second-order valence-electron chi connectivity index (χ2n) is 9.15. The van der Waals surface area contributed by atoms with Crippen molar-refractivity contribution >= 4 is 12.0 Å². The number of carbonyl (C=O) groups is 2. The lowest BCUT2D eigenvalue weighted by Gasteiger charge is -2.29. The van der Waals surface area contributed by atoms with Crippen LogP contribution in [0.25, 0.3) is 11.1 Å². The molecule has 5 rings (SSSR count). The summed E-state index contributed by atoms with van der Waals surface area (Å²) in [5.41, 5.74) is 4.73. The Morgan fingerprint density at radius 1 is 0.969 bits per heavy atom. The first-order chi connectivity index (χ1) is 15.7. The molecular formula is C26H30N2O4. The minimum Gasteiger partial charge on any atom is -0.449 e. The second-order valence-corrected chi connectivity index (χ2v) is 9.15. The SMILES string of the molecule is O=C(N[C@@H](CC1CCCC1)C(=O)NC1COC1)OCC1c2ccccc2-c2ccccc21. The Hall–Kier alpha value is -2.86. The highest BCUT2D eigenvalue weighted by Gasteiger charge is 2.32. The van der Waals surface area contributed by atoms with Crippen LogP contribution in [0, 0.1) is 5.92 Å². The third kappa shape index (κ3) is 4.37. The van der Waals surface area contributed by atoms with E-state index < -0.39 is 12.1 Å². The molecule has 0 radical (unpaired) electrons. The van der Waals surface area contributed by atoms with E-state index in [-0.39, 0.29) is 24.5 Å². The fourth-order valence-corrected chi connectivity index (χ4v) is 5.21. The van der Waals surface area contributed by atoms with Crippen molar-refractivity contribution in [3.8, 4) is 11.1 Å². The molecule has 0 spiro atoms. The minimum atomic E-state index is -0.575. The molecule has 1 heterocycles. The molecular weight excluding hydrogens is 404 g/mol.